The van der Waals surface area contributed by atoms with Gasteiger partial charge in [0.2, 0.25) is 0 Å². The third-order valence-electron chi connectivity index (χ3n) is 2.74. The van der Waals surface area contributed by atoms with Crippen LogP contribution < -0.4 is 0 Å². The van der Waals surface area contributed by atoms with Gasteiger partial charge in [-0.1, -0.05) is 32.9 Å². The van der Waals surface area contributed by atoms with Crippen LogP contribution in [0.15, 0.2) is 18.2 Å². The number of phenolic OH excluding ortho intramolecular Hbond substituents is 1. The number of aromatic hydroxyl groups is 1. The summed E-state index contributed by atoms with van der Waals surface area (Å²) in [6, 6.07) is 5.00. The molecule has 1 rings (SSSR count). The summed E-state index contributed by atoms with van der Waals surface area (Å²) in [5.41, 5.74) is 1.42. The number of rotatable bonds is 3. The first-order valence-electron chi connectivity index (χ1n) is 5.73. The lowest BCUT2D eigenvalue weighted by molar-refractivity contribution is -0.139. The van der Waals surface area contributed by atoms with Crippen LogP contribution >= 0.6 is 0 Å². The highest BCUT2D eigenvalue weighted by molar-refractivity contribution is 5.76. The Labute approximate surface area is 102 Å². The van der Waals surface area contributed by atoms with Crippen LogP contribution in [0.25, 0.3) is 0 Å². The zero-order valence-electron chi connectivity index (χ0n) is 10.8. The standard InChI is InChI=1S/C14H20O3/c1-9-7-10(5-6-12(9)15)11(13(16)17)8-14(2,3)4/h5-7,11,15H,8H2,1-4H3,(H,16,17). The van der Waals surface area contributed by atoms with E-state index in [1.54, 1.807) is 25.1 Å². The van der Waals surface area contributed by atoms with Crippen molar-refractivity contribution in [2.75, 3.05) is 0 Å². The molecule has 0 saturated carbocycles. The molecule has 0 saturated heterocycles. The van der Waals surface area contributed by atoms with Crippen molar-refractivity contribution in [2.45, 2.75) is 40.0 Å². The van der Waals surface area contributed by atoms with Gasteiger partial charge in [-0.2, -0.15) is 0 Å². The van der Waals surface area contributed by atoms with Gasteiger partial charge in [-0.05, 0) is 36.0 Å². The van der Waals surface area contributed by atoms with Crippen LogP contribution in [0.3, 0.4) is 0 Å². The number of carboxylic acid groups (broad SMARTS) is 1. The van der Waals surface area contributed by atoms with E-state index in [1.807, 2.05) is 20.8 Å². The number of carboxylic acids is 1. The van der Waals surface area contributed by atoms with Crippen LogP contribution in [0, 0.1) is 12.3 Å². The molecule has 1 aromatic carbocycles. The van der Waals surface area contributed by atoms with Crippen LogP contribution in [0.2, 0.25) is 0 Å². The fourth-order valence-electron chi connectivity index (χ4n) is 1.86. The SMILES string of the molecule is Cc1cc(C(CC(C)(C)C)C(=O)O)ccc1O. The Morgan fingerprint density at radius 2 is 1.94 bits per heavy atom. The van der Waals surface area contributed by atoms with Crippen molar-refractivity contribution in [2.24, 2.45) is 5.41 Å². The summed E-state index contributed by atoms with van der Waals surface area (Å²) in [5, 5.41) is 18.7. The summed E-state index contributed by atoms with van der Waals surface area (Å²) in [6.07, 6.45) is 0.576. The second-order valence-corrected chi connectivity index (χ2v) is 5.70. The van der Waals surface area contributed by atoms with Crippen molar-refractivity contribution in [1.82, 2.24) is 0 Å². The van der Waals surface area contributed by atoms with E-state index in [-0.39, 0.29) is 11.2 Å². The maximum Gasteiger partial charge on any atom is 0.310 e. The van der Waals surface area contributed by atoms with E-state index in [9.17, 15) is 15.0 Å². The second-order valence-electron chi connectivity index (χ2n) is 5.70. The summed E-state index contributed by atoms with van der Waals surface area (Å²) in [4.78, 5) is 11.3. The maximum atomic E-state index is 11.3. The third-order valence-corrected chi connectivity index (χ3v) is 2.74. The van der Waals surface area contributed by atoms with Gasteiger partial charge in [0.25, 0.3) is 0 Å². The third kappa shape index (κ3) is 3.77. The molecule has 1 atom stereocenters. The van der Waals surface area contributed by atoms with Crippen LogP contribution in [0.4, 0.5) is 0 Å². The van der Waals surface area contributed by atoms with Crippen LogP contribution in [-0.2, 0) is 4.79 Å². The van der Waals surface area contributed by atoms with Crippen molar-refractivity contribution >= 4 is 5.97 Å². The molecule has 3 heteroatoms. The first kappa shape index (κ1) is 13.6. The highest BCUT2D eigenvalue weighted by Gasteiger charge is 2.26. The number of benzene rings is 1. The molecule has 0 radical (unpaired) electrons. The molecule has 0 aliphatic rings. The van der Waals surface area contributed by atoms with E-state index >= 15 is 0 Å². The summed E-state index contributed by atoms with van der Waals surface area (Å²) in [7, 11) is 0. The van der Waals surface area contributed by atoms with Crippen LogP contribution in [-0.4, -0.2) is 16.2 Å². The largest absolute Gasteiger partial charge is 0.508 e. The van der Waals surface area contributed by atoms with Crippen molar-refractivity contribution in [3.8, 4) is 5.75 Å². The Morgan fingerprint density at radius 3 is 2.35 bits per heavy atom. The molecular weight excluding hydrogens is 216 g/mol. The summed E-state index contributed by atoms with van der Waals surface area (Å²) in [6.45, 7) is 7.84. The molecule has 17 heavy (non-hydrogen) atoms. The van der Waals surface area contributed by atoms with Gasteiger partial charge in [0, 0.05) is 0 Å². The van der Waals surface area contributed by atoms with Crippen molar-refractivity contribution in [1.29, 1.82) is 0 Å². The number of aliphatic carboxylic acids is 1. The molecule has 0 bridgehead atoms. The molecule has 3 nitrogen and oxygen atoms in total. The van der Waals surface area contributed by atoms with E-state index in [4.69, 9.17) is 0 Å². The minimum atomic E-state index is -0.815. The number of hydrogen-bond acceptors (Lipinski definition) is 2. The zero-order valence-corrected chi connectivity index (χ0v) is 10.8. The molecule has 0 spiro atoms. The molecule has 1 unspecified atom stereocenters. The highest BCUT2D eigenvalue weighted by Crippen LogP contribution is 2.33. The fraction of sp³-hybridized carbons (Fsp3) is 0.500. The molecule has 1 aromatic rings. The number of aryl methyl sites for hydroxylation is 1. The summed E-state index contributed by atoms with van der Waals surface area (Å²) in [5.74, 6) is -1.13. The van der Waals surface area contributed by atoms with Crippen LogP contribution in [0.5, 0.6) is 5.75 Å². The molecule has 0 amide bonds. The predicted molar refractivity (Wildman–Crippen MR) is 67.3 cm³/mol. The van der Waals surface area contributed by atoms with Gasteiger partial charge in [0.05, 0.1) is 5.92 Å². The lowest BCUT2D eigenvalue weighted by Crippen LogP contribution is -2.19. The Morgan fingerprint density at radius 1 is 1.35 bits per heavy atom. The molecule has 0 aliphatic heterocycles. The highest BCUT2D eigenvalue weighted by atomic mass is 16.4. The predicted octanol–water partition coefficient (Wildman–Crippen LogP) is 3.31. The van der Waals surface area contributed by atoms with Gasteiger partial charge < -0.3 is 10.2 Å². The molecule has 2 N–H and O–H groups in total. The Kier molecular flexibility index (Phi) is 3.81. The van der Waals surface area contributed by atoms with Gasteiger partial charge in [-0.3, -0.25) is 4.79 Å². The average molecular weight is 236 g/mol. The monoisotopic (exact) mass is 236 g/mol. The van der Waals surface area contributed by atoms with E-state index in [1.165, 1.54) is 0 Å². The van der Waals surface area contributed by atoms with Crippen LogP contribution in [0.1, 0.15) is 44.2 Å². The van der Waals surface area contributed by atoms with Gasteiger partial charge in [-0.15, -0.1) is 0 Å². The summed E-state index contributed by atoms with van der Waals surface area (Å²) >= 11 is 0. The van der Waals surface area contributed by atoms with Gasteiger partial charge in [0.15, 0.2) is 0 Å². The summed E-state index contributed by atoms with van der Waals surface area (Å²) < 4.78 is 0. The quantitative estimate of drug-likeness (QED) is 0.846. The van der Waals surface area contributed by atoms with E-state index < -0.39 is 11.9 Å². The second kappa shape index (κ2) is 4.78. The smallest absolute Gasteiger partial charge is 0.310 e. The van der Waals surface area contributed by atoms with Crippen molar-refractivity contribution in [3.05, 3.63) is 29.3 Å². The number of hydrogen-bond donors (Lipinski definition) is 2. The first-order chi connectivity index (χ1) is 7.70. The Hall–Kier alpha value is -1.51. The van der Waals surface area contributed by atoms with Gasteiger partial charge in [0.1, 0.15) is 5.75 Å². The number of phenols is 1. The lowest BCUT2D eigenvalue weighted by atomic mass is 9.81. The number of carbonyl (C=O) groups is 1. The maximum absolute atomic E-state index is 11.3. The topological polar surface area (TPSA) is 57.5 Å². The Bertz CT molecular complexity index is 416. The average Bonchev–Trinajstić information content (AvgIpc) is 2.17. The minimum absolute atomic E-state index is 0.0468. The van der Waals surface area contributed by atoms with E-state index in [2.05, 4.69) is 0 Å². The first-order valence-corrected chi connectivity index (χ1v) is 5.73. The van der Waals surface area contributed by atoms with Crippen molar-refractivity contribution in [3.63, 3.8) is 0 Å². The Balaban J connectivity index is 3.06. The van der Waals surface area contributed by atoms with E-state index in [0.717, 1.165) is 5.56 Å². The minimum Gasteiger partial charge on any atom is -0.508 e. The molecule has 0 aromatic heterocycles. The molecule has 0 fully saturated rings. The molecule has 0 aliphatic carbocycles. The molecular formula is C14H20O3. The zero-order chi connectivity index (χ0) is 13.2. The molecule has 94 valence electrons. The van der Waals surface area contributed by atoms with Crippen molar-refractivity contribution < 1.29 is 15.0 Å². The molecule has 0 heterocycles. The lowest BCUT2D eigenvalue weighted by Gasteiger charge is -2.23. The van der Waals surface area contributed by atoms with Gasteiger partial charge >= 0.3 is 5.97 Å². The fourth-order valence-corrected chi connectivity index (χ4v) is 1.86. The van der Waals surface area contributed by atoms with Gasteiger partial charge in [-0.25, -0.2) is 0 Å². The van der Waals surface area contributed by atoms with E-state index in [0.29, 0.717) is 12.0 Å². The normalized spacial score (nSPS) is 13.4.